The van der Waals surface area contributed by atoms with E-state index in [0.717, 1.165) is 16.9 Å². The highest BCUT2D eigenvalue weighted by atomic mass is 32.1. The van der Waals surface area contributed by atoms with E-state index in [2.05, 4.69) is 4.98 Å². The summed E-state index contributed by atoms with van der Waals surface area (Å²) in [4.78, 5) is 26.0. The summed E-state index contributed by atoms with van der Waals surface area (Å²) in [6, 6.07) is 9.00. The molecule has 1 heterocycles. The predicted octanol–water partition coefficient (Wildman–Crippen LogP) is 2.60. The van der Waals surface area contributed by atoms with E-state index in [1.54, 1.807) is 30.3 Å². The summed E-state index contributed by atoms with van der Waals surface area (Å²) in [7, 11) is 0. The number of hydrogen-bond acceptors (Lipinski definition) is 6. The number of carboxylic acid groups (broad SMARTS) is 1. The van der Waals surface area contributed by atoms with Crippen LogP contribution in [0.3, 0.4) is 0 Å². The van der Waals surface area contributed by atoms with Gasteiger partial charge in [-0.15, -0.1) is 11.3 Å². The standard InChI is InChI=1S/C17H10N2O5S/c20-15(21)12-8-25-16(18-12)17(22)11-7-6-10(9-4-2-1-3-5-9)13(17)14(11)19(23)24/h1-8,22H,(H,20,21). The molecule has 1 atom stereocenters. The van der Waals surface area contributed by atoms with Gasteiger partial charge in [-0.2, -0.15) is 0 Å². The number of hydrogen-bond donors (Lipinski definition) is 2. The van der Waals surface area contributed by atoms with Crippen LogP contribution in [-0.2, 0) is 5.60 Å². The zero-order valence-electron chi connectivity index (χ0n) is 12.5. The van der Waals surface area contributed by atoms with Gasteiger partial charge in [0.2, 0.25) is 0 Å². The van der Waals surface area contributed by atoms with Crippen LogP contribution in [-0.4, -0.2) is 26.1 Å². The number of nitro groups is 1. The Morgan fingerprint density at radius 2 is 1.96 bits per heavy atom. The largest absolute Gasteiger partial charge is 0.476 e. The molecular weight excluding hydrogens is 344 g/mol. The number of allylic oxidation sites excluding steroid dienone is 2. The molecule has 0 radical (unpaired) electrons. The highest BCUT2D eigenvalue weighted by Gasteiger charge is 2.60. The van der Waals surface area contributed by atoms with Crippen molar-refractivity contribution in [1.29, 1.82) is 0 Å². The SMILES string of the molecule is O=C(O)c1csc(C2(O)c3ccc(-c4ccccc4)c2c3[N+](=O)[O-])n1. The second-order valence-electron chi connectivity index (χ2n) is 5.56. The molecule has 2 aliphatic rings. The molecule has 0 saturated heterocycles. The maximum atomic E-state index is 11.5. The molecule has 2 aliphatic carbocycles. The van der Waals surface area contributed by atoms with Crippen molar-refractivity contribution in [3.63, 3.8) is 0 Å². The lowest BCUT2D eigenvalue weighted by Crippen LogP contribution is -2.45. The maximum absolute atomic E-state index is 11.5. The third-order valence-corrected chi connectivity index (χ3v) is 5.18. The number of aromatic nitrogens is 1. The first-order chi connectivity index (χ1) is 11.9. The zero-order chi connectivity index (χ0) is 17.8. The second-order valence-corrected chi connectivity index (χ2v) is 6.42. The molecule has 0 fully saturated rings. The lowest BCUT2D eigenvalue weighted by molar-refractivity contribution is -0.429. The molecule has 0 amide bonds. The Bertz CT molecular complexity index is 1020. The van der Waals surface area contributed by atoms with Gasteiger partial charge in [0.1, 0.15) is 5.01 Å². The molecule has 0 spiro atoms. The Labute approximate surface area is 145 Å². The number of aliphatic hydroxyl groups is 1. The summed E-state index contributed by atoms with van der Waals surface area (Å²) in [5.74, 6) is -1.22. The van der Waals surface area contributed by atoms with Gasteiger partial charge >= 0.3 is 5.97 Å². The number of rotatable bonds is 4. The number of nitrogens with zero attached hydrogens (tertiary/aromatic N) is 2. The van der Waals surface area contributed by atoms with Gasteiger partial charge < -0.3 is 10.2 Å². The van der Waals surface area contributed by atoms with E-state index in [0.29, 0.717) is 5.57 Å². The van der Waals surface area contributed by atoms with Gasteiger partial charge in [0.25, 0.3) is 5.70 Å². The fourth-order valence-corrected chi connectivity index (χ4v) is 4.04. The van der Waals surface area contributed by atoms with Crippen LogP contribution in [0.25, 0.3) is 5.57 Å². The van der Waals surface area contributed by atoms with Gasteiger partial charge in [-0.3, -0.25) is 10.1 Å². The molecule has 1 aromatic heterocycles. The molecule has 2 bridgehead atoms. The molecular formula is C17H10N2O5S. The molecule has 25 heavy (non-hydrogen) atoms. The van der Waals surface area contributed by atoms with Crippen molar-refractivity contribution in [3.05, 3.63) is 91.1 Å². The average molecular weight is 354 g/mol. The van der Waals surface area contributed by atoms with E-state index in [9.17, 15) is 20.0 Å². The first-order valence-corrected chi connectivity index (χ1v) is 8.12. The van der Waals surface area contributed by atoms with Crippen molar-refractivity contribution in [2.24, 2.45) is 0 Å². The molecule has 4 rings (SSSR count). The average Bonchev–Trinajstić information content (AvgIpc) is 3.11. The van der Waals surface area contributed by atoms with Crippen molar-refractivity contribution in [2.45, 2.75) is 5.60 Å². The summed E-state index contributed by atoms with van der Waals surface area (Å²) in [5.41, 5.74) is -0.604. The van der Waals surface area contributed by atoms with Crippen LogP contribution in [0, 0.1) is 10.1 Å². The van der Waals surface area contributed by atoms with Gasteiger partial charge in [0.05, 0.1) is 16.1 Å². The van der Waals surface area contributed by atoms with E-state index in [4.69, 9.17) is 5.11 Å². The van der Waals surface area contributed by atoms with E-state index >= 15 is 0 Å². The Balaban J connectivity index is 1.89. The third kappa shape index (κ3) is 2.01. The quantitative estimate of drug-likeness (QED) is 0.644. The minimum absolute atomic E-state index is 0.110. The number of aromatic carboxylic acids is 1. The van der Waals surface area contributed by atoms with Crippen LogP contribution in [0.1, 0.15) is 21.1 Å². The fourth-order valence-electron chi connectivity index (χ4n) is 3.13. The smallest absolute Gasteiger partial charge is 0.355 e. The van der Waals surface area contributed by atoms with Gasteiger partial charge in [0.15, 0.2) is 11.3 Å². The highest BCUT2D eigenvalue weighted by Crippen LogP contribution is 2.58. The summed E-state index contributed by atoms with van der Waals surface area (Å²) in [5, 5.41) is 33.1. The molecule has 0 aliphatic heterocycles. The number of fused-ring (bicyclic) bond motifs is 2. The van der Waals surface area contributed by atoms with Crippen LogP contribution in [0.2, 0.25) is 0 Å². The monoisotopic (exact) mass is 354 g/mol. The minimum Gasteiger partial charge on any atom is -0.476 e. The number of carboxylic acids is 1. The first kappa shape index (κ1) is 15.4. The molecule has 0 saturated carbocycles. The van der Waals surface area contributed by atoms with Crippen molar-refractivity contribution >= 4 is 22.9 Å². The molecule has 8 heteroatoms. The zero-order valence-corrected chi connectivity index (χ0v) is 13.4. The van der Waals surface area contributed by atoms with Crippen LogP contribution < -0.4 is 0 Å². The molecule has 124 valence electrons. The van der Waals surface area contributed by atoms with Crippen molar-refractivity contribution in [2.75, 3.05) is 0 Å². The van der Waals surface area contributed by atoms with Gasteiger partial charge in [-0.1, -0.05) is 36.4 Å². The molecule has 1 unspecified atom stereocenters. The fraction of sp³-hybridized carbons (Fsp3) is 0.0588. The van der Waals surface area contributed by atoms with E-state index in [1.165, 1.54) is 11.5 Å². The Morgan fingerprint density at radius 1 is 1.24 bits per heavy atom. The molecule has 7 nitrogen and oxygen atoms in total. The van der Waals surface area contributed by atoms with Gasteiger partial charge in [-0.05, 0) is 17.2 Å². The van der Waals surface area contributed by atoms with Crippen molar-refractivity contribution in [1.82, 2.24) is 4.98 Å². The number of benzene rings is 1. The topological polar surface area (TPSA) is 114 Å². The number of thiazole rings is 1. The van der Waals surface area contributed by atoms with Crippen LogP contribution in [0.15, 0.2) is 64.7 Å². The summed E-state index contributed by atoms with van der Waals surface area (Å²) < 4.78 is 0. The Hall–Kier alpha value is -3.10. The van der Waals surface area contributed by atoms with Crippen LogP contribution >= 0.6 is 11.3 Å². The van der Waals surface area contributed by atoms with Gasteiger partial charge in [-0.25, -0.2) is 9.78 Å². The van der Waals surface area contributed by atoms with Crippen molar-refractivity contribution < 1.29 is 19.9 Å². The van der Waals surface area contributed by atoms with E-state index in [-0.39, 0.29) is 27.5 Å². The van der Waals surface area contributed by atoms with E-state index < -0.39 is 16.5 Å². The maximum Gasteiger partial charge on any atom is 0.355 e. The number of carbonyl (C=O) groups is 1. The summed E-state index contributed by atoms with van der Waals surface area (Å²) in [6.45, 7) is 0. The molecule has 2 aromatic rings. The highest BCUT2D eigenvalue weighted by molar-refractivity contribution is 7.10. The van der Waals surface area contributed by atoms with Crippen LogP contribution in [0.4, 0.5) is 0 Å². The van der Waals surface area contributed by atoms with Crippen molar-refractivity contribution in [3.8, 4) is 0 Å². The third-order valence-electron chi connectivity index (χ3n) is 4.23. The first-order valence-electron chi connectivity index (χ1n) is 7.24. The normalized spacial score (nSPS) is 21.3. The Morgan fingerprint density at radius 3 is 2.56 bits per heavy atom. The van der Waals surface area contributed by atoms with Crippen LogP contribution in [0.5, 0.6) is 0 Å². The Kier molecular flexibility index (Phi) is 3.21. The lowest BCUT2D eigenvalue weighted by Gasteiger charge is -2.41. The van der Waals surface area contributed by atoms with Gasteiger partial charge in [0, 0.05) is 5.38 Å². The second kappa shape index (κ2) is 5.20. The van der Waals surface area contributed by atoms with E-state index in [1.807, 2.05) is 6.07 Å². The minimum atomic E-state index is -1.76. The predicted molar refractivity (Wildman–Crippen MR) is 89.5 cm³/mol. The molecule has 2 N–H and O–H groups in total. The summed E-state index contributed by atoms with van der Waals surface area (Å²) >= 11 is 0.962. The lowest BCUT2D eigenvalue weighted by atomic mass is 9.65. The summed E-state index contributed by atoms with van der Waals surface area (Å²) in [6.07, 6.45) is 3.21. The molecule has 1 aromatic carbocycles.